The third kappa shape index (κ3) is 7.11. The van der Waals surface area contributed by atoms with Gasteiger partial charge < -0.3 is 19.9 Å². The first-order valence-electron chi connectivity index (χ1n) is 6.87. The van der Waals surface area contributed by atoms with Crippen LogP contribution in [0.3, 0.4) is 0 Å². The average Bonchev–Trinajstić information content (AvgIpc) is 2.45. The molecule has 1 amide bonds. The number of hydrogen-bond donors (Lipinski definition) is 2. The van der Waals surface area contributed by atoms with Gasteiger partial charge in [0.05, 0.1) is 26.4 Å². The molecular formula is C15H23NO4. The number of aliphatic hydroxyl groups excluding tert-OH is 1. The summed E-state index contributed by atoms with van der Waals surface area (Å²) in [5, 5.41) is 11.3. The predicted octanol–water partition coefficient (Wildman–Crippen LogP) is 1.28. The molecule has 0 saturated heterocycles. The quantitative estimate of drug-likeness (QED) is 0.634. The Morgan fingerprint density at radius 2 is 2.05 bits per heavy atom. The molecule has 0 aliphatic rings. The van der Waals surface area contributed by atoms with E-state index in [1.54, 1.807) is 0 Å². The number of para-hydroxylation sites is 1. The molecule has 5 nitrogen and oxygen atoms in total. The van der Waals surface area contributed by atoms with Crippen molar-refractivity contribution in [3.05, 3.63) is 29.8 Å². The number of carbonyl (C=O) groups is 1. The number of ether oxygens (including phenoxy) is 2. The lowest BCUT2D eigenvalue weighted by molar-refractivity contribution is -0.121. The van der Waals surface area contributed by atoms with Crippen LogP contribution in [0.15, 0.2) is 24.3 Å². The molecule has 0 unspecified atom stereocenters. The second-order valence-electron chi connectivity index (χ2n) is 4.40. The largest absolute Gasteiger partial charge is 0.493 e. The fraction of sp³-hybridized carbons (Fsp3) is 0.533. The fourth-order valence-electron chi connectivity index (χ4n) is 1.65. The van der Waals surface area contributed by atoms with Crippen molar-refractivity contribution in [3.8, 4) is 5.75 Å². The standard InChI is InChI=1S/C15H23NO4/c1-13-5-2-3-6-14(13)20-10-4-7-15(18)16-8-11-19-12-9-17/h2-3,5-6,17H,4,7-12H2,1H3,(H,16,18). The second-order valence-corrected chi connectivity index (χ2v) is 4.40. The highest BCUT2D eigenvalue weighted by Crippen LogP contribution is 2.16. The number of rotatable bonds is 10. The molecule has 1 aromatic carbocycles. The lowest BCUT2D eigenvalue weighted by Crippen LogP contribution is -2.27. The third-order valence-corrected chi connectivity index (χ3v) is 2.70. The lowest BCUT2D eigenvalue weighted by atomic mass is 10.2. The summed E-state index contributed by atoms with van der Waals surface area (Å²) < 4.78 is 10.7. The molecular weight excluding hydrogens is 258 g/mol. The Morgan fingerprint density at radius 1 is 1.25 bits per heavy atom. The average molecular weight is 281 g/mol. The molecule has 0 radical (unpaired) electrons. The molecule has 0 aliphatic heterocycles. The fourth-order valence-corrected chi connectivity index (χ4v) is 1.65. The minimum Gasteiger partial charge on any atom is -0.493 e. The van der Waals surface area contributed by atoms with E-state index in [-0.39, 0.29) is 12.5 Å². The van der Waals surface area contributed by atoms with Gasteiger partial charge in [-0.2, -0.15) is 0 Å². The molecule has 0 saturated carbocycles. The minimum absolute atomic E-state index is 0.00415. The number of amides is 1. The Labute approximate surface area is 119 Å². The zero-order valence-corrected chi connectivity index (χ0v) is 11.9. The number of nitrogens with one attached hydrogen (secondary N) is 1. The van der Waals surface area contributed by atoms with E-state index in [4.69, 9.17) is 14.6 Å². The molecule has 0 spiro atoms. The summed E-state index contributed by atoms with van der Waals surface area (Å²) in [6.45, 7) is 3.72. The molecule has 1 aromatic rings. The third-order valence-electron chi connectivity index (χ3n) is 2.70. The van der Waals surface area contributed by atoms with Gasteiger partial charge in [0, 0.05) is 13.0 Å². The Bertz CT molecular complexity index is 395. The Kier molecular flexibility index (Phi) is 8.42. The molecule has 0 atom stereocenters. The van der Waals surface area contributed by atoms with Gasteiger partial charge in [0.1, 0.15) is 5.75 Å². The molecule has 20 heavy (non-hydrogen) atoms. The van der Waals surface area contributed by atoms with Crippen molar-refractivity contribution in [3.63, 3.8) is 0 Å². The van der Waals surface area contributed by atoms with E-state index < -0.39 is 0 Å². The van der Waals surface area contributed by atoms with Crippen LogP contribution in [-0.4, -0.2) is 44.0 Å². The summed E-state index contributed by atoms with van der Waals surface area (Å²) in [6.07, 6.45) is 1.11. The highest BCUT2D eigenvalue weighted by atomic mass is 16.5. The smallest absolute Gasteiger partial charge is 0.220 e. The van der Waals surface area contributed by atoms with Crippen LogP contribution in [0, 0.1) is 6.92 Å². The minimum atomic E-state index is -0.00835. The van der Waals surface area contributed by atoms with Gasteiger partial charge in [-0.05, 0) is 25.0 Å². The SMILES string of the molecule is Cc1ccccc1OCCCC(=O)NCCOCCO. The van der Waals surface area contributed by atoms with Gasteiger partial charge in [0.15, 0.2) is 0 Å². The first kappa shape index (κ1) is 16.5. The van der Waals surface area contributed by atoms with Crippen molar-refractivity contribution in [1.29, 1.82) is 0 Å². The van der Waals surface area contributed by atoms with Crippen LogP contribution < -0.4 is 10.1 Å². The number of benzene rings is 1. The van der Waals surface area contributed by atoms with E-state index in [2.05, 4.69) is 5.32 Å². The van der Waals surface area contributed by atoms with E-state index in [0.29, 0.717) is 39.2 Å². The lowest BCUT2D eigenvalue weighted by Gasteiger charge is -2.09. The van der Waals surface area contributed by atoms with Crippen molar-refractivity contribution in [1.82, 2.24) is 5.32 Å². The van der Waals surface area contributed by atoms with E-state index in [9.17, 15) is 4.79 Å². The molecule has 0 heterocycles. The Morgan fingerprint density at radius 3 is 2.80 bits per heavy atom. The first-order chi connectivity index (χ1) is 9.74. The summed E-state index contributed by atoms with van der Waals surface area (Å²) in [7, 11) is 0. The topological polar surface area (TPSA) is 67.8 Å². The predicted molar refractivity (Wildman–Crippen MR) is 76.8 cm³/mol. The number of hydrogen-bond acceptors (Lipinski definition) is 4. The van der Waals surface area contributed by atoms with Gasteiger partial charge in [-0.3, -0.25) is 4.79 Å². The molecule has 5 heteroatoms. The van der Waals surface area contributed by atoms with Crippen LogP contribution in [0.5, 0.6) is 5.75 Å². The zero-order valence-electron chi connectivity index (χ0n) is 11.9. The van der Waals surface area contributed by atoms with Crippen LogP contribution in [0.25, 0.3) is 0 Å². The van der Waals surface area contributed by atoms with Gasteiger partial charge in [-0.1, -0.05) is 18.2 Å². The molecule has 0 bridgehead atoms. The molecule has 112 valence electrons. The normalized spacial score (nSPS) is 10.3. The van der Waals surface area contributed by atoms with Gasteiger partial charge in [0.2, 0.25) is 5.91 Å². The number of aryl methyl sites for hydroxylation is 1. The number of carbonyl (C=O) groups excluding carboxylic acids is 1. The van der Waals surface area contributed by atoms with Gasteiger partial charge in [-0.25, -0.2) is 0 Å². The second kappa shape index (κ2) is 10.2. The van der Waals surface area contributed by atoms with Crippen LogP contribution >= 0.6 is 0 Å². The Balaban J connectivity index is 2.03. The summed E-state index contributed by atoms with van der Waals surface area (Å²) in [4.78, 5) is 11.5. The summed E-state index contributed by atoms with van der Waals surface area (Å²) in [5.41, 5.74) is 1.10. The Hall–Kier alpha value is -1.59. The van der Waals surface area contributed by atoms with Crippen molar-refractivity contribution in [2.75, 3.05) is 33.0 Å². The molecule has 0 aromatic heterocycles. The summed E-state index contributed by atoms with van der Waals surface area (Å²) >= 11 is 0. The highest BCUT2D eigenvalue weighted by Gasteiger charge is 2.02. The first-order valence-corrected chi connectivity index (χ1v) is 6.87. The van der Waals surface area contributed by atoms with Crippen LogP contribution in [-0.2, 0) is 9.53 Å². The molecule has 0 fully saturated rings. The maximum absolute atomic E-state index is 11.5. The maximum Gasteiger partial charge on any atom is 0.220 e. The van der Waals surface area contributed by atoms with Crippen LogP contribution in [0.2, 0.25) is 0 Å². The molecule has 1 rings (SSSR count). The highest BCUT2D eigenvalue weighted by molar-refractivity contribution is 5.75. The van der Waals surface area contributed by atoms with Gasteiger partial charge in [0.25, 0.3) is 0 Å². The summed E-state index contributed by atoms with van der Waals surface area (Å²) in [6, 6.07) is 7.82. The van der Waals surface area contributed by atoms with Gasteiger partial charge >= 0.3 is 0 Å². The molecule has 0 aliphatic carbocycles. The van der Waals surface area contributed by atoms with E-state index in [0.717, 1.165) is 11.3 Å². The zero-order chi connectivity index (χ0) is 14.6. The van der Waals surface area contributed by atoms with Crippen molar-refractivity contribution in [2.45, 2.75) is 19.8 Å². The van der Waals surface area contributed by atoms with E-state index in [1.807, 2.05) is 31.2 Å². The summed E-state index contributed by atoms with van der Waals surface area (Å²) in [5.74, 6) is 0.858. The monoisotopic (exact) mass is 281 g/mol. The van der Waals surface area contributed by atoms with E-state index in [1.165, 1.54) is 0 Å². The van der Waals surface area contributed by atoms with Crippen LogP contribution in [0.1, 0.15) is 18.4 Å². The number of aliphatic hydroxyl groups is 1. The van der Waals surface area contributed by atoms with Gasteiger partial charge in [-0.15, -0.1) is 0 Å². The van der Waals surface area contributed by atoms with Crippen LogP contribution in [0.4, 0.5) is 0 Å². The van der Waals surface area contributed by atoms with Crippen molar-refractivity contribution in [2.24, 2.45) is 0 Å². The molecule has 2 N–H and O–H groups in total. The van der Waals surface area contributed by atoms with Crippen molar-refractivity contribution >= 4 is 5.91 Å². The maximum atomic E-state index is 11.5. The van der Waals surface area contributed by atoms with E-state index >= 15 is 0 Å². The van der Waals surface area contributed by atoms with Crippen molar-refractivity contribution < 1.29 is 19.4 Å².